The van der Waals surface area contributed by atoms with Gasteiger partial charge >= 0.3 is 11.7 Å². The Morgan fingerprint density at radius 2 is 1.62 bits per heavy atom. The number of aryl methyl sites for hydroxylation is 3. The maximum atomic E-state index is 12.3. The van der Waals surface area contributed by atoms with Crippen molar-refractivity contribution in [1.82, 2.24) is 9.13 Å². The number of hydrogen-bond donors (Lipinski definition) is 2. The summed E-state index contributed by atoms with van der Waals surface area (Å²) in [6.07, 6.45) is 0. The zero-order valence-corrected chi connectivity index (χ0v) is 15.1. The van der Waals surface area contributed by atoms with Gasteiger partial charge in [0.25, 0.3) is 0 Å². The number of carbonyl (C=O) groups excluding carboxylic acids is 2. The number of nitrogens with zero attached hydrogens (tertiary/aromatic N) is 2. The first kappa shape index (κ1) is 17.5. The first-order valence-electron chi connectivity index (χ1n) is 8.13. The maximum absolute atomic E-state index is 12.3. The average molecular weight is 352 g/mol. The van der Waals surface area contributed by atoms with Crippen molar-refractivity contribution in [2.45, 2.75) is 13.8 Å². The quantitative estimate of drug-likeness (QED) is 0.711. The molecular formula is C19H20N4O3. The molecule has 0 saturated heterocycles. The number of rotatable bonds is 3. The Hall–Kier alpha value is -3.35. The minimum Gasteiger partial charge on any atom is -0.308 e. The number of benzene rings is 2. The van der Waals surface area contributed by atoms with E-state index >= 15 is 0 Å². The Morgan fingerprint density at radius 3 is 2.27 bits per heavy atom. The summed E-state index contributed by atoms with van der Waals surface area (Å²) in [5.41, 5.74) is 3.92. The van der Waals surface area contributed by atoms with Gasteiger partial charge in [0, 0.05) is 31.0 Å². The summed E-state index contributed by atoms with van der Waals surface area (Å²) in [6.45, 7) is 3.34. The molecule has 2 amide bonds. The average Bonchev–Trinajstić information content (AvgIpc) is 2.80. The standard InChI is InChI=1S/C19H20N4O3/c1-11-8-16-17(23(4)19(26)22(16)3)10-15(11)21-18(25)20-14-7-5-6-13(9-14)12(2)24/h5-10H,1-4H3,(H2,20,21,25). The predicted octanol–water partition coefficient (Wildman–Crippen LogP) is 3.03. The monoisotopic (exact) mass is 352 g/mol. The van der Waals surface area contributed by atoms with E-state index in [1.807, 2.05) is 13.0 Å². The molecule has 1 aromatic heterocycles. The minimum atomic E-state index is -0.422. The highest BCUT2D eigenvalue weighted by atomic mass is 16.2. The lowest BCUT2D eigenvalue weighted by Gasteiger charge is -2.11. The van der Waals surface area contributed by atoms with Crippen LogP contribution >= 0.6 is 0 Å². The highest BCUT2D eigenvalue weighted by Gasteiger charge is 2.12. The summed E-state index contributed by atoms with van der Waals surface area (Å²) in [6, 6.07) is 9.96. The number of imidazole rings is 1. The van der Waals surface area contributed by atoms with E-state index in [1.165, 1.54) is 11.5 Å². The molecule has 0 bridgehead atoms. The molecule has 3 rings (SSSR count). The van der Waals surface area contributed by atoms with Crippen molar-refractivity contribution < 1.29 is 9.59 Å². The third-order valence-electron chi connectivity index (χ3n) is 4.39. The molecule has 0 saturated carbocycles. The molecule has 2 aromatic carbocycles. The summed E-state index contributed by atoms with van der Waals surface area (Å²) in [5.74, 6) is -0.0691. The Bertz CT molecular complexity index is 1090. The van der Waals surface area contributed by atoms with Crippen LogP contribution in [0.3, 0.4) is 0 Å². The van der Waals surface area contributed by atoms with Crippen molar-refractivity contribution in [2.75, 3.05) is 10.6 Å². The number of anilines is 2. The van der Waals surface area contributed by atoms with E-state index in [0.29, 0.717) is 16.9 Å². The molecule has 7 heteroatoms. The van der Waals surface area contributed by atoms with E-state index in [9.17, 15) is 14.4 Å². The van der Waals surface area contributed by atoms with Crippen LogP contribution in [0.25, 0.3) is 11.0 Å². The Kier molecular flexibility index (Phi) is 4.38. The SMILES string of the molecule is CC(=O)c1cccc(NC(=O)Nc2cc3c(cc2C)n(C)c(=O)n3C)c1. The van der Waals surface area contributed by atoms with Crippen molar-refractivity contribution in [3.05, 3.63) is 58.0 Å². The van der Waals surface area contributed by atoms with Crippen LogP contribution in [0.5, 0.6) is 0 Å². The lowest BCUT2D eigenvalue weighted by Crippen LogP contribution is -2.20. The molecule has 7 nitrogen and oxygen atoms in total. The number of carbonyl (C=O) groups is 2. The number of urea groups is 1. The first-order chi connectivity index (χ1) is 12.3. The van der Waals surface area contributed by atoms with Crippen LogP contribution < -0.4 is 16.3 Å². The molecule has 2 N–H and O–H groups in total. The molecular weight excluding hydrogens is 332 g/mol. The summed E-state index contributed by atoms with van der Waals surface area (Å²) < 4.78 is 3.10. The van der Waals surface area contributed by atoms with Gasteiger partial charge in [-0.3, -0.25) is 13.9 Å². The number of Topliss-reactive ketones (excluding diaryl/α,β-unsaturated/α-hetero) is 1. The van der Waals surface area contributed by atoms with Crippen LogP contribution in [0.1, 0.15) is 22.8 Å². The molecule has 0 aliphatic carbocycles. The maximum Gasteiger partial charge on any atom is 0.328 e. The molecule has 0 atom stereocenters. The number of nitrogens with one attached hydrogen (secondary N) is 2. The summed E-state index contributed by atoms with van der Waals surface area (Å²) in [5, 5.41) is 5.51. The fraction of sp³-hybridized carbons (Fsp3) is 0.211. The predicted molar refractivity (Wildman–Crippen MR) is 102 cm³/mol. The Morgan fingerprint density at radius 1 is 0.962 bits per heavy atom. The van der Waals surface area contributed by atoms with E-state index in [0.717, 1.165) is 16.6 Å². The molecule has 1 heterocycles. The van der Waals surface area contributed by atoms with Crippen molar-refractivity contribution in [2.24, 2.45) is 14.1 Å². The second kappa shape index (κ2) is 6.51. The van der Waals surface area contributed by atoms with Gasteiger partial charge in [-0.2, -0.15) is 0 Å². The molecule has 0 aliphatic heterocycles. The Labute approximate surface area is 150 Å². The molecule has 134 valence electrons. The van der Waals surface area contributed by atoms with E-state index < -0.39 is 6.03 Å². The van der Waals surface area contributed by atoms with Crippen molar-refractivity contribution in [1.29, 1.82) is 0 Å². The highest BCUT2D eigenvalue weighted by molar-refractivity contribution is 6.02. The van der Waals surface area contributed by atoms with Crippen molar-refractivity contribution in [3.63, 3.8) is 0 Å². The number of aromatic nitrogens is 2. The van der Waals surface area contributed by atoms with Gasteiger partial charge in [-0.25, -0.2) is 9.59 Å². The fourth-order valence-electron chi connectivity index (χ4n) is 2.88. The van der Waals surface area contributed by atoms with E-state index in [-0.39, 0.29) is 11.5 Å². The lowest BCUT2D eigenvalue weighted by atomic mass is 10.1. The van der Waals surface area contributed by atoms with Gasteiger partial charge in [-0.05, 0) is 43.7 Å². The van der Waals surface area contributed by atoms with Gasteiger partial charge < -0.3 is 10.6 Å². The van der Waals surface area contributed by atoms with Crippen molar-refractivity contribution >= 4 is 34.2 Å². The van der Waals surface area contributed by atoms with Crippen molar-refractivity contribution in [3.8, 4) is 0 Å². The van der Waals surface area contributed by atoms with Gasteiger partial charge in [-0.15, -0.1) is 0 Å². The topological polar surface area (TPSA) is 85.1 Å². The number of amides is 2. The summed E-state index contributed by atoms with van der Waals surface area (Å²) in [4.78, 5) is 35.8. The van der Waals surface area contributed by atoms with E-state index in [1.54, 1.807) is 49.0 Å². The van der Waals surface area contributed by atoms with E-state index in [2.05, 4.69) is 10.6 Å². The normalized spacial score (nSPS) is 10.8. The lowest BCUT2D eigenvalue weighted by molar-refractivity contribution is 0.101. The first-order valence-corrected chi connectivity index (χ1v) is 8.13. The van der Waals surface area contributed by atoms with E-state index in [4.69, 9.17) is 0 Å². The number of hydrogen-bond acceptors (Lipinski definition) is 3. The molecule has 0 spiro atoms. The van der Waals surface area contributed by atoms with Crippen LogP contribution in [0.2, 0.25) is 0 Å². The van der Waals surface area contributed by atoms with Gasteiger partial charge in [-0.1, -0.05) is 12.1 Å². The number of fused-ring (bicyclic) bond motifs is 1. The minimum absolute atomic E-state index is 0.0691. The molecule has 3 aromatic rings. The second-order valence-electron chi connectivity index (χ2n) is 6.27. The van der Waals surface area contributed by atoms with Gasteiger partial charge in [0.1, 0.15) is 0 Å². The zero-order chi connectivity index (χ0) is 19.0. The van der Waals surface area contributed by atoms with Crippen LogP contribution in [-0.4, -0.2) is 20.9 Å². The molecule has 0 fully saturated rings. The third-order valence-corrected chi connectivity index (χ3v) is 4.39. The zero-order valence-electron chi connectivity index (χ0n) is 15.1. The Balaban J connectivity index is 1.86. The van der Waals surface area contributed by atoms with Gasteiger partial charge in [0.15, 0.2) is 5.78 Å². The molecule has 0 radical (unpaired) electrons. The summed E-state index contributed by atoms with van der Waals surface area (Å²) in [7, 11) is 3.41. The molecule has 26 heavy (non-hydrogen) atoms. The fourth-order valence-corrected chi connectivity index (χ4v) is 2.88. The van der Waals surface area contributed by atoms with Crippen LogP contribution in [0.4, 0.5) is 16.2 Å². The van der Waals surface area contributed by atoms with Gasteiger partial charge in [0.05, 0.1) is 11.0 Å². The molecule has 0 aliphatic rings. The third kappa shape index (κ3) is 3.11. The van der Waals surface area contributed by atoms with Gasteiger partial charge in [0.2, 0.25) is 0 Å². The van der Waals surface area contributed by atoms with Crippen LogP contribution in [0, 0.1) is 6.92 Å². The number of ketones is 1. The largest absolute Gasteiger partial charge is 0.328 e. The smallest absolute Gasteiger partial charge is 0.308 e. The van der Waals surface area contributed by atoms with Crippen LogP contribution in [-0.2, 0) is 14.1 Å². The summed E-state index contributed by atoms with van der Waals surface area (Å²) >= 11 is 0. The second-order valence-corrected chi connectivity index (χ2v) is 6.27. The molecule has 0 unspecified atom stereocenters. The highest BCUT2D eigenvalue weighted by Crippen LogP contribution is 2.23. The van der Waals surface area contributed by atoms with Crippen LogP contribution in [0.15, 0.2) is 41.2 Å².